The van der Waals surface area contributed by atoms with Gasteiger partial charge in [0.15, 0.2) is 0 Å². The third kappa shape index (κ3) is 5.02. The molecule has 9 heteroatoms. The van der Waals surface area contributed by atoms with Crippen LogP contribution in [0.5, 0.6) is 0 Å². The Hall–Kier alpha value is -1.55. The van der Waals surface area contributed by atoms with Crippen LogP contribution in [0.3, 0.4) is 0 Å². The van der Waals surface area contributed by atoms with E-state index in [2.05, 4.69) is 0 Å². The molecule has 0 aliphatic heterocycles. The zero-order chi connectivity index (χ0) is 16.8. The second kappa shape index (κ2) is 8.18. The number of nitro benzene ring substituents is 1. The Kier molecular flexibility index (Phi) is 6.88. The maximum atomic E-state index is 12.6. The second-order valence-corrected chi connectivity index (χ2v) is 6.90. The van der Waals surface area contributed by atoms with Gasteiger partial charge in [-0.1, -0.05) is 6.92 Å². The molecule has 0 aliphatic carbocycles. The average molecular weight is 330 g/mol. The highest BCUT2D eigenvalue weighted by atomic mass is 32.2. The van der Waals surface area contributed by atoms with Crippen molar-refractivity contribution in [2.75, 3.05) is 13.1 Å². The zero-order valence-electron chi connectivity index (χ0n) is 12.5. The van der Waals surface area contributed by atoms with Crippen LogP contribution in [0.15, 0.2) is 29.2 Å². The highest BCUT2D eigenvalue weighted by Crippen LogP contribution is 2.20. The minimum atomic E-state index is -3.67. The highest BCUT2D eigenvalue weighted by Gasteiger charge is 2.24. The van der Waals surface area contributed by atoms with Gasteiger partial charge in [0.1, 0.15) is 0 Å². The molecule has 0 aromatic heterocycles. The molecular weight excluding hydrogens is 308 g/mol. The van der Waals surface area contributed by atoms with Gasteiger partial charge in [-0.05, 0) is 31.4 Å². The highest BCUT2D eigenvalue weighted by molar-refractivity contribution is 7.89. The summed E-state index contributed by atoms with van der Waals surface area (Å²) in [5.74, 6) is 0. The molecule has 8 nitrogen and oxygen atoms in total. The van der Waals surface area contributed by atoms with Crippen LogP contribution in [-0.2, 0) is 10.0 Å². The number of nitrogens with two attached hydrogens (primary N) is 2. The lowest BCUT2D eigenvalue weighted by Gasteiger charge is -2.22. The van der Waals surface area contributed by atoms with Crippen LogP contribution in [0.2, 0.25) is 0 Å². The summed E-state index contributed by atoms with van der Waals surface area (Å²) in [5, 5.41) is 10.6. The molecular formula is C13H22N4O4S. The fourth-order valence-electron chi connectivity index (χ4n) is 1.99. The van der Waals surface area contributed by atoms with Gasteiger partial charge < -0.3 is 11.5 Å². The standard InChI is InChI=1S/C13H22N4O4S/c1-2-9-16(10-3-4-13(14)15)22(20,21)12-7-5-11(6-8-12)17(18)19/h5-8,13H,2-4,9-10,14-15H2,1H3. The molecule has 0 aliphatic rings. The summed E-state index contributed by atoms with van der Waals surface area (Å²) in [6.07, 6.45) is 1.28. The van der Waals surface area contributed by atoms with Crippen molar-refractivity contribution in [2.24, 2.45) is 11.5 Å². The van der Waals surface area contributed by atoms with Crippen LogP contribution >= 0.6 is 0 Å². The Morgan fingerprint density at radius 2 is 1.82 bits per heavy atom. The predicted molar refractivity (Wildman–Crippen MR) is 83.5 cm³/mol. The predicted octanol–water partition coefficient (Wildman–Crippen LogP) is 1.02. The first kappa shape index (κ1) is 18.5. The van der Waals surface area contributed by atoms with E-state index in [4.69, 9.17) is 11.5 Å². The van der Waals surface area contributed by atoms with Crippen molar-refractivity contribution in [1.82, 2.24) is 4.31 Å². The normalized spacial score (nSPS) is 12.0. The first-order chi connectivity index (χ1) is 10.3. The number of hydrogen-bond donors (Lipinski definition) is 2. The van der Waals surface area contributed by atoms with Crippen molar-refractivity contribution < 1.29 is 13.3 Å². The summed E-state index contributed by atoms with van der Waals surface area (Å²) in [7, 11) is -3.67. The number of hydrogen-bond acceptors (Lipinski definition) is 6. The van der Waals surface area contributed by atoms with E-state index < -0.39 is 21.1 Å². The lowest BCUT2D eigenvalue weighted by atomic mass is 10.2. The Morgan fingerprint density at radius 3 is 2.27 bits per heavy atom. The van der Waals surface area contributed by atoms with E-state index in [0.717, 1.165) is 0 Å². The first-order valence-electron chi connectivity index (χ1n) is 7.04. The zero-order valence-corrected chi connectivity index (χ0v) is 13.3. The molecule has 0 saturated carbocycles. The summed E-state index contributed by atoms with van der Waals surface area (Å²) in [5.41, 5.74) is 10.8. The van der Waals surface area contributed by atoms with E-state index in [0.29, 0.717) is 32.4 Å². The maximum Gasteiger partial charge on any atom is 0.269 e. The number of benzene rings is 1. The largest absolute Gasteiger partial charge is 0.316 e. The molecule has 0 radical (unpaired) electrons. The number of sulfonamides is 1. The van der Waals surface area contributed by atoms with Gasteiger partial charge in [0.25, 0.3) is 5.69 Å². The third-order valence-corrected chi connectivity index (χ3v) is 5.02. The lowest BCUT2D eigenvalue weighted by Crippen LogP contribution is -2.35. The number of nitro groups is 1. The molecule has 1 aromatic rings. The summed E-state index contributed by atoms with van der Waals surface area (Å²) in [6.45, 7) is 2.57. The van der Waals surface area contributed by atoms with E-state index in [9.17, 15) is 18.5 Å². The van der Waals surface area contributed by atoms with Gasteiger partial charge in [-0.15, -0.1) is 0 Å². The Labute approximate surface area is 130 Å². The first-order valence-corrected chi connectivity index (χ1v) is 8.48. The van der Waals surface area contributed by atoms with E-state index in [1.54, 1.807) is 0 Å². The van der Waals surface area contributed by atoms with E-state index in [1.807, 2.05) is 6.92 Å². The SMILES string of the molecule is CCCN(CCCC(N)N)S(=O)(=O)c1ccc([N+](=O)[O-])cc1. The summed E-state index contributed by atoms with van der Waals surface area (Å²) >= 11 is 0. The quantitative estimate of drug-likeness (QED) is 0.394. The fourth-order valence-corrected chi connectivity index (χ4v) is 3.56. The Morgan fingerprint density at radius 1 is 1.23 bits per heavy atom. The topological polar surface area (TPSA) is 133 Å². The second-order valence-electron chi connectivity index (χ2n) is 4.96. The molecule has 0 spiro atoms. The lowest BCUT2D eigenvalue weighted by molar-refractivity contribution is -0.384. The average Bonchev–Trinajstić information content (AvgIpc) is 2.46. The third-order valence-electron chi connectivity index (χ3n) is 3.10. The molecule has 22 heavy (non-hydrogen) atoms. The maximum absolute atomic E-state index is 12.6. The van der Waals surface area contributed by atoms with Crippen molar-refractivity contribution in [1.29, 1.82) is 0 Å². The van der Waals surface area contributed by atoms with Gasteiger partial charge in [-0.25, -0.2) is 8.42 Å². The minimum Gasteiger partial charge on any atom is -0.316 e. The van der Waals surface area contributed by atoms with Crippen LogP contribution in [0, 0.1) is 10.1 Å². The smallest absolute Gasteiger partial charge is 0.269 e. The molecule has 1 rings (SSSR count). The van der Waals surface area contributed by atoms with Crippen molar-refractivity contribution in [2.45, 2.75) is 37.2 Å². The summed E-state index contributed by atoms with van der Waals surface area (Å²) in [4.78, 5) is 10.1. The van der Waals surface area contributed by atoms with Gasteiger partial charge in [0, 0.05) is 25.2 Å². The fraction of sp³-hybridized carbons (Fsp3) is 0.538. The van der Waals surface area contributed by atoms with Crippen LogP contribution in [0.4, 0.5) is 5.69 Å². The van der Waals surface area contributed by atoms with Crippen LogP contribution < -0.4 is 11.5 Å². The molecule has 4 N–H and O–H groups in total. The summed E-state index contributed by atoms with van der Waals surface area (Å²) < 4.78 is 26.5. The monoisotopic (exact) mass is 330 g/mol. The number of rotatable bonds is 9. The molecule has 0 fully saturated rings. The van der Waals surface area contributed by atoms with E-state index in [1.165, 1.54) is 28.6 Å². The molecule has 0 atom stereocenters. The molecule has 1 aromatic carbocycles. The molecule has 0 unspecified atom stereocenters. The molecule has 124 valence electrons. The van der Waals surface area contributed by atoms with Crippen LogP contribution in [-0.4, -0.2) is 36.9 Å². The van der Waals surface area contributed by atoms with Crippen molar-refractivity contribution in [3.8, 4) is 0 Å². The van der Waals surface area contributed by atoms with Gasteiger partial charge in [-0.3, -0.25) is 10.1 Å². The van der Waals surface area contributed by atoms with Crippen molar-refractivity contribution >= 4 is 15.7 Å². The van der Waals surface area contributed by atoms with E-state index in [-0.39, 0.29) is 10.6 Å². The van der Waals surface area contributed by atoms with Crippen LogP contribution in [0.25, 0.3) is 0 Å². The summed E-state index contributed by atoms with van der Waals surface area (Å²) in [6, 6.07) is 4.88. The molecule has 0 saturated heterocycles. The number of non-ortho nitro benzene ring substituents is 1. The number of nitrogens with zero attached hydrogens (tertiary/aromatic N) is 2. The Bertz CT molecular complexity index is 587. The van der Waals surface area contributed by atoms with Gasteiger partial charge in [-0.2, -0.15) is 4.31 Å². The van der Waals surface area contributed by atoms with E-state index >= 15 is 0 Å². The molecule has 0 bridgehead atoms. The van der Waals surface area contributed by atoms with Crippen molar-refractivity contribution in [3.63, 3.8) is 0 Å². The minimum absolute atomic E-state index is 0.0450. The van der Waals surface area contributed by atoms with Gasteiger partial charge in [0.2, 0.25) is 10.0 Å². The van der Waals surface area contributed by atoms with Crippen molar-refractivity contribution in [3.05, 3.63) is 34.4 Å². The Balaban J connectivity index is 2.92. The van der Waals surface area contributed by atoms with Crippen LogP contribution in [0.1, 0.15) is 26.2 Å². The molecule has 0 amide bonds. The van der Waals surface area contributed by atoms with Gasteiger partial charge >= 0.3 is 0 Å². The molecule has 0 heterocycles. The van der Waals surface area contributed by atoms with Gasteiger partial charge in [0.05, 0.1) is 16.0 Å².